The highest BCUT2D eigenvalue weighted by molar-refractivity contribution is 7.17. The molecule has 2 heterocycles. The van der Waals surface area contributed by atoms with Gasteiger partial charge in [-0.25, -0.2) is 4.79 Å². The van der Waals surface area contributed by atoms with Crippen LogP contribution in [0, 0.1) is 10.1 Å². The normalized spacial score (nSPS) is 17.9. The highest BCUT2D eigenvalue weighted by Crippen LogP contribution is 2.28. The van der Waals surface area contributed by atoms with Crippen LogP contribution >= 0.6 is 11.3 Å². The SMILES string of the molecule is C/C=C/COC(=O)C1CCCN1C(=O)c1ccc([N+](=O)[O-])s1. The lowest BCUT2D eigenvalue weighted by Crippen LogP contribution is -2.41. The molecule has 1 unspecified atom stereocenters. The molecule has 2 rings (SSSR count). The molecule has 22 heavy (non-hydrogen) atoms. The van der Waals surface area contributed by atoms with Crippen molar-refractivity contribution in [3.05, 3.63) is 39.3 Å². The number of carbonyl (C=O) groups is 2. The van der Waals surface area contributed by atoms with Crippen LogP contribution in [-0.4, -0.2) is 40.9 Å². The summed E-state index contributed by atoms with van der Waals surface area (Å²) in [7, 11) is 0. The van der Waals surface area contributed by atoms with Crippen molar-refractivity contribution < 1.29 is 19.2 Å². The van der Waals surface area contributed by atoms with E-state index < -0.39 is 16.9 Å². The number of nitro groups is 1. The number of carbonyl (C=O) groups excluding carboxylic acids is 2. The molecule has 1 aliphatic heterocycles. The Balaban J connectivity index is 2.07. The van der Waals surface area contributed by atoms with E-state index in [1.807, 2.05) is 6.92 Å². The maximum Gasteiger partial charge on any atom is 0.329 e. The summed E-state index contributed by atoms with van der Waals surface area (Å²) in [5, 5.41) is 10.6. The smallest absolute Gasteiger partial charge is 0.329 e. The summed E-state index contributed by atoms with van der Waals surface area (Å²) in [6.07, 6.45) is 4.74. The maximum absolute atomic E-state index is 12.4. The van der Waals surface area contributed by atoms with E-state index >= 15 is 0 Å². The topological polar surface area (TPSA) is 89.8 Å². The predicted octanol–water partition coefficient (Wildman–Crippen LogP) is 2.38. The third-order valence-electron chi connectivity index (χ3n) is 3.33. The highest BCUT2D eigenvalue weighted by Gasteiger charge is 2.36. The van der Waals surface area contributed by atoms with Crippen LogP contribution in [0.5, 0.6) is 0 Å². The molecular weight excluding hydrogens is 308 g/mol. The number of ether oxygens (including phenoxy) is 1. The van der Waals surface area contributed by atoms with Gasteiger partial charge in [0, 0.05) is 12.6 Å². The number of rotatable bonds is 5. The minimum Gasteiger partial charge on any atom is -0.460 e. The van der Waals surface area contributed by atoms with E-state index in [1.165, 1.54) is 17.0 Å². The van der Waals surface area contributed by atoms with Crippen molar-refractivity contribution in [2.45, 2.75) is 25.8 Å². The van der Waals surface area contributed by atoms with Gasteiger partial charge in [-0.15, -0.1) is 0 Å². The van der Waals surface area contributed by atoms with Gasteiger partial charge in [0.2, 0.25) is 0 Å². The first kappa shape index (κ1) is 16.2. The van der Waals surface area contributed by atoms with E-state index in [9.17, 15) is 19.7 Å². The van der Waals surface area contributed by atoms with Crippen LogP contribution < -0.4 is 0 Å². The van der Waals surface area contributed by atoms with Crippen LogP contribution in [0.1, 0.15) is 29.4 Å². The molecule has 0 saturated carbocycles. The molecule has 0 radical (unpaired) electrons. The van der Waals surface area contributed by atoms with Crippen molar-refractivity contribution in [1.82, 2.24) is 4.90 Å². The molecule has 118 valence electrons. The Labute approximate surface area is 131 Å². The zero-order valence-electron chi connectivity index (χ0n) is 12.1. The van der Waals surface area contributed by atoms with Crippen molar-refractivity contribution >= 4 is 28.2 Å². The first-order chi connectivity index (χ1) is 10.5. The number of thiophene rings is 1. The number of likely N-dealkylation sites (tertiary alicyclic amines) is 1. The molecule has 0 spiro atoms. The fourth-order valence-corrected chi connectivity index (χ4v) is 3.04. The van der Waals surface area contributed by atoms with Crippen molar-refractivity contribution in [2.24, 2.45) is 0 Å². The van der Waals surface area contributed by atoms with Gasteiger partial charge in [-0.3, -0.25) is 14.9 Å². The molecular formula is C14H16N2O5S. The monoisotopic (exact) mass is 324 g/mol. The number of hydrogen-bond acceptors (Lipinski definition) is 6. The van der Waals surface area contributed by atoms with Gasteiger partial charge in [0.05, 0.1) is 9.80 Å². The van der Waals surface area contributed by atoms with Crippen molar-refractivity contribution in [2.75, 3.05) is 13.2 Å². The molecule has 0 aliphatic carbocycles. The van der Waals surface area contributed by atoms with Crippen LogP contribution in [0.4, 0.5) is 5.00 Å². The van der Waals surface area contributed by atoms with Gasteiger partial charge in [-0.1, -0.05) is 23.5 Å². The molecule has 1 atom stereocenters. The van der Waals surface area contributed by atoms with E-state index in [-0.39, 0.29) is 22.4 Å². The standard InChI is InChI=1S/C14H16N2O5S/c1-2-3-9-21-14(18)10-5-4-8-15(10)13(17)11-6-7-12(22-11)16(19)20/h2-3,6-7,10H,4-5,8-9H2,1H3/b3-2+. The van der Waals surface area contributed by atoms with Gasteiger partial charge >= 0.3 is 11.0 Å². The average molecular weight is 324 g/mol. The first-order valence-electron chi connectivity index (χ1n) is 6.87. The van der Waals surface area contributed by atoms with Gasteiger partial charge in [0.15, 0.2) is 0 Å². The summed E-state index contributed by atoms with van der Waals surface area (Å²) >= 11 is 0.818. The fourth-order valence-electron chi connectivity index (χ4n) is 2.26. The average Bonchev–Trinajstić information content (AvgIpc) is 3.16. The summed E-state index contributed by atoms with van der Waals surface area (Å²) < 4.78 is 5.10. The Kier molecular flexibility index (Phi) is 5.26. The number of amides is 1. The first-order valence-corrected chi connectivity index (χ1v) is 7.69. The number of esters is 1. The third-order valence-corrected chi connectivity index (χ3v) is 4.35. The van der Waals surface area contributed by atoms with Gasteiger partial charge in [-0.05, 0) is 25.8 Å². The Morgan fingerprint density at radius 3 is 2.95 bits per heavy atom. The van der Waals surface area contributed by atoms with E-state index in [1.54, 1.807) is 12.2 Å². The lowest BCUT2D eigenvalue weighted by molar-refractivity contribution is -0.380. The zero-order valence-corrected chi connectivity index (χ0v) is 12.9. The second kappa shape index (κ2) is 7.17. The van der Waals surface area contributed by atoms with E-state index in [4.69, 9.17) is 4.74 Å². The Hall–Kier alpha value is -2.22. The molecule has 1 amide bonds. The quantitative estimate of drug-likeness (QED) is 0.359. The van der Waals surface area contributed by atoms with E-state index in [2.05, 4.69) is 0 Å². The van der Waals surface area contributed by atoms with Crippen molar-refractivity contribution in [1.29, 1.82) is 0 Å². The van der Waals surface area contributed by atoms with E-state index in [0.29, 0.717) is 19.4 Å². The Morgan fingerprint density at radius 1 is 1.55 bits per heavy atom. The molecule has 0 aromatic carbocycles. The molecule has 0 bridgehead atoms. The molecule has 1 aromatic rings. The van der Waals surface area contributed by atoms with Crippen LogP contribution in [0.15, 0.2) is 24.3 Å². The molecule has 7 nitrogen and oxygen atoms in total. The van der Waals surface area contributed by atoms with Gasteiger partial charge in [0.25, 0.3) is 5.91 Å². The highest BCUT2D eigenvalue weighted by atomic mass is 32.1. The zero-order chi connectivity index (χ0) is 16.1. The minimum absolute atomic E-state index is 0.0882. The molecule has 8 heteroatoms. The van der Waals surface area contributed by atoms with Crippen LogP contribution in [0.3, 0.4) is 0 Å². The summed E-state index contributed by atoms with van der Waals surface area (Å²) in [5.41, 5.74) is 0. The largest absolute Gasteiger partial charge is 0.460 e. The fraction of sp³-hybridized carbons (Fsp3) is 0.429. The summed E-state index contributed by atoms with van der Waals surface area (Å²) in [6, 6.07) is 2.11. The molecule has 1 aliphatic rings. The molecule has 1 aromatic heterocycles. The predicted molar refractivity (Wildman–Crippen MR) is 80.8 cm³/mol. The third kappa shape index (κ3) is 3.51. The van der Waals surface area contributed by atoms with Crippen LogP contribution in [0.2, 0.25) is 0 Å². The van der Waals surface area contributed by atoms with Gasteiger partial charge in [0.1, 0.15) is 12.6 Å². The molecule has 1 fully saturated rings. The Morgan fingerprint density at radius 2 is 2.32 bits per heavy atom. The van der Waals surface area contributed by atoms with Crippen molar-refractivity contribution in [3.8, 4) is 0 Å². The lowest BCUT2D eigenvalue weighted by atomic mass is 10.2. The summed E-state index contributed by atoms with van der Waals surface area (Å²) in [4.78, 5) is 36.3. The maximum atomic E-state index is 12.4. The molecule has 0 N–H and O–H groups in total. The number of allylic oxidation sites excluding steroid dienone is 1. The second-order valence-electron chi connectivity index (χ2n) is 4.75. The van der Waals surface area contributed by atoms with Crippen LogP contribution in [0.25, 0.3) is 0 Å². The van der Waals surface area contributed by atoms with E-state index in [0.717, 1.165) is 11.3 Å². The van der Waals surface area contributed by atoms with Gasteiger partial charge in [-0.2, -0.15) is 0 Å². The number of nitrogens with zero attached hydrogens (tertiary/aromatic N) is 2. The van der Waals surface area contributed by atoms with Crippen molar-refractivity contribution in [3.63, 3.8) is 0 Å². The minimum atomic E-state index is -0.612. The molecule has 1 saturated heterocycles. The second-order valence-corrected chi connectivity index (χ2v) is 5.81. The summed E-state index contributed by atoms with van der Waals surface area (Å²) in [5.74, 6) is -0.793. The number of hydrogen-bond donors (Lipinski definition) is 0. The Bertz CT molecular complexity index is 610. The summed E-state index contributed by atoms with van der Waals surface area (Å²) in [6.45, 7) is 2.45. The lowest BCUT2D eigenvalue weighted by Gasteiger charge is -2.22. The van der Waals surface area contributed by atoms with Crippen LogP contribution in [-0.2, 0) is 9.53 Å². The van der Waals surface area contributed by atoms with Gasteiger partial charge < -0.3 is 9.64 Å².